The second-order valence-corrected chi connectivity index (χ2v) is 9.60. The van der Waals surface area contributed by atoms with Crippen molar-refractivity contribution in [3.05, 3.63) is 59.1 Å². The third kappa shape index (κ3) is 5.98. The summed E-state index contributed by atoms with van der Waals surface area (Å²) in [5, 5.41) is 14.6. The lowest BCUT2D eigenvalue weighted by molar-refractivity contribution is -0.118. The number of carbonyl (C=O) groups is 1. The fraction of sp³-hybridized carbons (Fsp3) is 0.360. The Labute approximate surface area is 208 Å². The molecular formula is C25H28ClN5O2S. The quantitative estimate of drug-likeness (QED) is 0.243. The zero-order valence-electron chi connectivity index (χ0n) is 19.3. The number of amides is 1. The monoisotopic (exact) mass is 497 g/mol. The highest BCUT2D eigenvalue weighted by Gasteiger charge is 2.24. The van der Waals surface area contributed by atoms with Crippen molar-refractivity contribution in [1.82, 2.24) is 20.2 Å². The van der Waals surface area contributed by atoms with Gasteiger partial charge in [0.15, 0.2) is 11.0 Å². The van der Waals surface area contributed by atoms with Gasteiger partial charge in [0, 0.05) is 16.6 Å². The first kappa shape index (κ1) is 24.3. The topological polar surface area (TPSA) is 81.4 Å². The molecule has 4 rings (SSSR count). The van der Waals surface area contributed by atoms with Crippen LogP contribution in [-0.4, -0.2) is 39.2 Å². The van der Waals surface area contributed by atoms with Crippen LogP contribution in [0.15, 0.2) is 58.8 Å². The summed E-state index contributed by atoms with van der Waals surface area (Å²) in [4.78, 5) is 12.5. The number of halogens is 1. The number of rotatable bonds is 8. The molecule has 0 aliphatic heterocycles. The number of hydrogen-bond acceptors (Lipinski definition) is 6. The molecule has 2 aromatic carbocycles. The van der Waals surface area contributed by atoms with Gasteiger partial charge < -0.3 is 4.74 Å². The average molecular weight is 498 g/mol. The third-order valence-electron chi connectivity index (χ3n) is 5.90. The van der Waals surface area contributed by atoms with Gasteiger partial charge in [0.1, 0.15) is 5.75 Å². The van der Waals surface area contributed by atoms with Gasteiger partial charge in [0.05, 0.1) is 18.6 Å². The van der Waals surface area contributed by atoms with Crippen LogP contribution in [0, 0.1) is 0 Å². The molecular weight excluding hydrogens is 470 g/mol. The van der Waals surface area contributed by atoms with E-state index >= 15 is 0 Å². The van der Waals surface area contributed by atoms with E-state index in [1.54, 1.807) is 7.11 Å². The molecule has 0 saturated heterocycles. The fourth-order valence-corrected chi connectivity index (χ4v) is 4.97. The molecule has 1 N–H and O–H groups in total. The van der Waals surface area contributed by atoms with E-state index in [2.05, 4.69) is 25.3 Å². The maximum absolute atomic E-state index is 12.5. The van der Waals surface area contributed by atoms with Gasteiger partial charge in [-0.1, -0.05) is 42.6 Å². The Hall–Kier alpha value is -2.84. The highest BCUT2D eigenvalue weighted by molar-refractivity contribution is 7.99. The van der Waals surface area contributed by atoms with E-state index in [0.29, 0.717) is 11.1 Å². The molecule has 0 unspecified atom stereocenters. The Balaban J connectivity index is 1.45. The van der Waals surface area contributed by atoms with Crippen molar-refractivity contribution < 1.29 is 9.53 Å². The number of aromatic nitrogens is 3. The van der Waals surface area contributed by atoms with Gasteiger partial charge in [-0.25, -0.2) is 5.43 Å². The molecule has 1 aromatic heterocycles. The van der Waals surface area contributed by atoms with E-state index in [0.717, 1.165) is 46.4 Å². The molecule has 0 bridgehead atoms. The highest BCUT2D eigenvalue weighted by atomic mass is 35.5. The Morgan fingerprint density at radius 2 is 1.82 bits per heavy atom. The van der Waals surface area contributed by atoms with Crippen LogP contribution in [0.3, 0.4) is 0 Å². The lowest BCUT2D eigenvalue weighted by atomic mass is 9.95. The summed E-state index contributed by atoms with van der Waals surface area (Å²) in [5.41, 5.74) is 5.25. The summed E-state index contributed by atoms with van der Waals surface area (Å²) < 4.78 is 7.38. The summed E-state index contributed by atoms with van der Waals surface area (Å²) in [6, 6.07) is 15.5. The number of methoxy groups -OCH3 is 1. The summed E-state index contributed by atoms with van der Waals surface area (Å²) in [6.45, 7) is 1.85. The summed E-state index contributed by atoms with van der Waals surface area (Å²) >= 11 is 7.46. The van der Waals surface area contributed by atoms with Crippen molar-refractivity contribution in [2.24, 2.45) is 5.10 Å². The molecule has 0 atom stereocenters. The predicted molar refractivity (Wildman–Crippen MR) is 137 cm³/mol. The first-order valence-electron chi connectivity index (χ1n) is 11.4. The molecule has 1 heterocycles. The molecule has 3 aromatic rings. The minimum Gasteiger partial charge on any atom is -0.497 e. The largest absolute Gasteiger partial charge is 0.497 e. The van der Waals surface area contributed by atoms with Crippen molar-refractivity contribution in [2.75, 3.05) is 12.9 Å². The predicted octanol–water partition coefficient (Wildman–Crippen LogP) is 5.74. The number of hydrazone groups is 1. The molecule has 1 fully saturated rings. The molecule has 1 aliphatic carbocycles. The standard InChI is InChI=1S/C25H28ClN5O2S/c1-17(18-10-14-22(33-2)15-11-18)27-28-23(32)16-34-25-30-29-24(19-8-12-20(26)13-9-19)31(25)21-6-4-3-5-7-21/h8-15,21H,3-7,16H2,1-2H3,(H,28,32)/b27-17+. The van der Waals surface area contributed by atoms with Gasteiger partial charge in [-0.3, -0.25) is 9.36 Å². The molecule has 34 heavy (non-hydrogen) atoms. The van der Waals surface area contributed by atoms with Gasteiger partial charge >= 0.3 is 0 Å². The first-order valence-corrected chi connectivity index (χ1v) is 12.7. The second kappa shape index (κ2) is 11.5. The van der Waals surface area contributed by atoms with Gasteiger partial charge in [-0.15, -0.1) is 10.2 Å². The zero-order chi connectivity index (χ0) is 23.9. The second-order valence-electron chi connectivity index (χ2n) is 8.22. The normalized spacial score (nSPS) is 14.7. The molecule has 178 valence electrons. The number of thioether (sulfide) groups is 1. The fourth-order valence-electron chi connectivity index (χ4n) is 4.04. The molecule has 1 aliphatic rings. The molecule has 1 saturated carbocycles. The van der Waals surface area contributed by atoms with E-state index in [9.17, 15) is 4.79 Å². The number of hydrogen-bond donors (Lipinski definition) is 1. The highest BCUT2D eigenvalue weighted by Crippen LogP contribution is 2.35. The Bertz CT molecular complexity index is 1140. The van der Waals surface area contributed by atoms with Crippen LogP contribution in [0.2, 0.25) is 5.02 Å². The van der Waals surface area contributed by atoms with Crippen molar-refractivity contribution in [3.8, 4) is 17.1 Å². The van der Waals surface area contributed by atoms with Crippen LogP contribution in [0.4, 0.5) is 0 Å². The van der Waals surface area contributed by atoms with Crippen molar-refractivity contribution >= 4 is 35.0 Å². The number of nitrogens with one attached hydrogen (secondary N) is 1. The van der Waals surface area contributed by atoms with Crippen LogP contribution >= 0.6 is 23.4 Å². The lowest BCUT2D eigenvalue weighted by Gasteiger charge is -2.25. The molecule has 9 heteroatoms. The summed E-state index contributed by atoms with van der Waals surface area (Å²) in [6.07, 6.45) is 5.80. The summed E-state index contributed by atoms with van der Waals surface area (Å²) in [5.74, 6) is 1.60. The SMILES string of the molecule is COc1ccc(/C(C)=N/NC(=O)CSc2nnc(-c3ccc(Cl)cc3)n2C2CCCCC2)cc1. The molecule has 1 amide bonds. The van der Waals surface area contributed by atoms with Crippen LogP contribution in [0.5, 0.6) is 5.75 Å². The van der Waals surface area contributed by atoms with Crippen LogP contribution in [0.1, 0.15) is 50.6 Å². The number of benzene rings is 2. The van der Waals surface area contributed by atoms with Gasteiger partial charge in [0.25, 0.3) is 5.91 Å². The maximum atomic E-state index is 12.5. The first-order chi connectivity index (χ1) is 16.5. The number of ether oxygens (including phenoxy) is 1. The van der Waals surface area contributed by atoms with E-state index < -0.39 is 0 Å². The van der Waals surface area contributed by atoms with Gasteiger partial charge in [-0.05, 0) is 73.9 Å². The average Bonchev–Trinajstić information content (AvgIpc) is 3.31. The van der Waals surface area contributed by atoms with E-state index in [-0.39, 0.29) is 11.7 Å². The lowest BCUT2D eigenvalue weighted by Crippen LogP contribution is -2.22. The molecule has 7 nitrogen and oxygen atoms in total. The van der Waals surface area contributed by atoms with Crippen LogP contribution in [0.25, 0.3) is 11.4 Å². The molecule has 0 spiro atoms. The minimum atomic E-state index is -0.191. The van der Waals surface area contributed by atoms with Gasteiger partial charge in [-0.2, -0.15) is 5.10 Å². The Morgan fingerprint density at radius 1 is 1.12 bits per heavy atom. The van der Waals surface area contributed by atoms with Gasteiger partial charge in [0.2, 0.25) is 0 Å². The smallest absolute Gasteiger partial charge is 0.250 e. The maximum Gasteiger partial charge on any atom is 0.250 e. The van der Waals surface area contributed by atoms with E-state index in [1.807, 2.05) is 55.5 Å². The number of nitrogens with zero attached hydrogens (tertiary/aromatic N) is 4. The Kier molecular flexibility index (Phi) is 8.24. The molecule has 0 radical (unpaired) electrons. The van der Waals surface area contributed by atoms with Crippen molar-refractivity contribution in [2.45, 2.75) is 50.2 Å². The van der Waals surface area contributed by atoms with E-state index in [4.69, 9.17) is 16.3 Å². The van der Waals surface area contributed by atoms with Crippen molar-refractivity contribution in [3.63, 3.8) is 0 Å². The van der Waals surface area contributed by atoms with Crippen molar-refractivity contribution in [1.29, 1.82) is 0 Å². The minimum absolute atomic E-state index is 0.191. The third-order valence-corrected chi connectivity index (χ3v) is 7.09. The number of carbonyl (C=O) groups excluding carboxylic acids is 1. The summed E-state index contributed by atoms with van der Waals surface area (Å²) in [7, 11) is 1.63. The van der Waals surface area contributed by atoms with Crippen LogP contribution in [-0.2, 0) is 4.79 Å². The van der Waals surface area contributed by atoms with Crippen LogP contribution < -0.4 is 10.2 Å². The van der Waals surface area contributed by atoms with E-state index in [1.165, 1.54) is 31.0 Å². The Morgan fingerprint density at radius 3 is 2.50 bits per heavy atom. The zero-order valence-corrected chi connectivity index (χ0v) is 20.9.